The van der Waals surface area contributed by atoms with E-state index in [0.717, 1.165) is 4.88 Å². The average Bonchev–Trinajstić information content (AvgIpc) is 3.08. The fourth-order valence-electron chi connectivity index (χ4n) is 3.16. The molecule has 2 amide bonds. The maximum Gasteiger partial charge on any atom is 0.259 e. The Kier molecular flexibility index (Phi) is 3.26. The highest BCUT2D eigenvalue weighted by atomic mass is 32.1. The number of amides is 2. The summed E-state index contributed by atoms with van der Waals surface area (Å²) in [5, 5.41) is 11.4. The minimum atomic E-state index is -1.21. The van der Waals surface area contributed by atoms with E-state index < -0.39 is 16.8 Å². The van der Waals surface area contributed by atoms with Crippen LogP contribution >= 0.6 is 24.0 Å². The molecule has 1 aromatic rings. The predicted octanol–water partition coefficient (Wildman–Crippen LogP) is 1.65. The van der Waals surface area contributed by atoms with Crippen molar-refractivity contribution in [2.45, 2.75) is 30.3 Å². The second kappa shape index (κ2) is 4.75. The normalized spacial score (nSPS) is 35.8. The lowest BCUT2D eigenvalue weighted by Gasteiger charge is -2.46. The van der Waals surface area contributed by atoms with Gasteiger partial charge in [-0.05, 0) is 18.4 Å². The number of fused-ring (bicyclic) bond motifs is 1. The summed E-state index contributed by atoms with van der Waals surface area (Å²) in [6.07, 6.45) is 0.261. The third-order valence-electron chi connectivity index (χ3n) is 4.40. The monoisotopic (exact) mass is 321 g/mol. The molecule has 7 heteroatoms. The summed E-state index contributed by atoms with van der Waals surface area (Å²) in [5.74, 6) is -0.784. The summed E-state index contributed by atoms with van der Waals surface area (Å²) in [4.78, 5) is 28.0. The Hall–Kier alpha value is -1.52. The van der Waals surface area contributed by atoms with Crippen LogP contribution in [-0.4, -0.2) is 39.6 Å². The molecule has 3 heterocycles. The first-order valence-electron chi connectivity index (χ1n) is 6.67. The molecule has 0 radical (unpaired) electrons. The van der Waals surface area contributed by atoms with Crippen LogP contribution in [-0.2, 0) is 9.59 Å². The third-order valence-corrected chi connectivity index (χ3v) is 5.93. The van der Waals surface area contributed by atoms with Crippen molar-refractivity contribution in [2.24, 2.45) is 5.92 Å². The minimum Gasteiger partial charge on any atom is -0.331 e. The number of rotatable bonds is 1. The third kappa shape index (κ3) is 1.82. The quantitative estimate of drug-likeness (QED) is 0.800. The smallest absolute Gasteiger partial charge is 0.259 e. The molecule has 1 aromatic heterocycles. The maximum atomic E-state index is 12.7. The summed E-state index contributed by atoms with van der Waals surface area (Å²) >= 11 is 6.03. The second-order valence-electron chi connectivity index (χ2n) is 5.52. The summed E-state index contributed by atoms with van der Waals surface area (Å²) in [6, 6.07) is 5.12. The van der Waals surface area contributed by atoms with Crippen molar-refractivity contribution in [1.82, 2.24) is 9.80 Å². The number of piperazine rings is 1. The Balaban J connectivity index is 2.13. The molecule has 0 aromatic carbocycles. The zero-order valence-electron chi connectivity index (χ0n) is 11.7. The van der Waals surface area contributed by atoms with Gasteiger partial charge in [0.2, 0.25) is 5.91 Å². The molecule has 0 aliphatic carbocycles. The van der Waals surface area contributed by atoms with Gasteiger partial charge in [0.1, 0.15) is 6.04 Å². The van der Waals surface area contributed by atoms with E-state index in [1.807, 2.05) is 17.5 Å². The molecule has 2 aliphatic rings. The number of likely N-dealkylation sites (N-methyl/N-ethyl adjacent to an activating group) is 1. The Morgan fingerprint density at radius 2 is 2.24 bits per heavy atom. The number of hydrogen-bond acceptors (Lipinski definition) is 5. The molecule has 21 heavy (non-hydrogen) atoms. The first kappa shape index (κ1) is 14.4. The summed E-state index contributed by atoms with van der Waals surface area (Å²) in [7, 11) is 1.61. The van der Waals surface area contributed by atoms with Gasteiger partial charge in [0, 0.05) is 18.3 Å². The lowest BCUT2D eigenvalue weighted by Crippen LogP contribution is -2.65. The van der Waals surface area contributed by atoms with Crippen molar-refractivity contribution < 1.29 is 9.59 Å². The maximum absolute atomic E-state index is 12.7. The molecular weight excluding hydrogens is 306 g/mol. The molecule has 110 valence electrons. The molecule has 5 nitrogen and oxygen atoms in total. The number of carbonyl (C=O) groups is 2. The summed E-state index contributed by atoms with van der Waals surface area (Å²) in [6.45, 7) is 1.71. The van der Waals surface area contributed by atoms with Gasteiger partial charge >= 0.3 is 0 Å². The number of nitrogens with zero attached hydrogens (tertiary/aromatic N) is 3. The van der Waals surface area contributed by atoms with Gasteiger partial charge in [0.15, 0.2) is 4.87 Å². The Morgan fingerprint density at radius 3 is 2.81 bits per heavy atom. The van der Waals surface area contributed by atoms with Crippen LogP contribution in [0.1, 0.15) is 24.3 Å². The van der Waals surface area contributed by atoms with Gasteiger partial charge in [-0.1, -0.05) is 6.07 Å². The fourth-order valence-corrected chi connectivity index (χ4v) is 4.62. The number of nitriles is 1. The van der Waals surface area contributed by atoms with E-state index in [-0.39, 0.29) is 24.3 Å². The van der Waals surface area contributed by atoms with E-state index in [9.17, 15) is 14.9 Å². The summed E-state index contributed by atoms with van der Waals surface area (Å²) < 4.78 is 0. The number of hydrogen-bond donors (Lipinski definition) is 1. The molecule has 0 saturated carbocycles. The molecule has 0 N–H and O–H groups in total. The molecular formula is C14H15N3O2S2. The SMILES string of the molecule is CC1C(=O)N2[C@@H](c3cccs3)C(C#N)C[C@]2(S)C(=O)N1C. The van der Waals surface area contributed by atoms with Gasteiger partial charge in [0.05, 0.1) is 18.0 Å². The van der Waals surface area contributed by atoms with Gasteiger partial charge in [-0.3, -0.25) is 9.59 Å². The predicted molar refractivity (Wildman–Crippen MR) is 81.6 cm³/mol. The van der Waals surface area contributed by atoms with Crippen molar-refractivity contribution in [1.29, 1.82) is 5.26 Å². The summed E-state index contributed by atoms with van der Waals surface area (Å²) in [5.41, 5.74) is 0. The van der Waals surface area contributed by atoms with Crippen LogP contribution in [0.15, 0.2) is 17.5 Å². The number of carbonyl (C=O) groups excluding carboxylic acids is 2. The van der Waals surface area contributed by atoms with Gasteiger partial charge in [0.25, 0.3) is 5.91 Å². The Bertz CT molecular complexity index is 639. The highest BCUT2D eigenvalue weighted by Gasteiger charge is 2.62. The standard InChI is InChI=1S/C14H15N3O2S2/c1-8-12(18)17-11(10-4-3-5-21-10)9(7-15)6-14(17,20)13(19)16(8)2/h3-5,8-9,11,20H,6H2,1-2H3/t8?,9?,11-,14+/m1/s1. The van der Waals surface area contributed by atoms with Gasteiger partial charge in [-0.25, -0.2) is 0 Å². The van der Waals surface area contributed by atoms with Crippen molar-refractivity contribution in [3.05, 3.63) is 22.4 Å². The van der Waals surface area contributed by atoms with Crippen LogP contribution < -0.4 is 0 Å². The highest BCUT2D eigenvalue weighted by molar-refractivity contribution is 7.82. The number of thiophene rings is 1. The second-order valence-corrected chi connectivity index (χ2v) is 7.24. The molecule has 0 bridgehead atoms. The van der Waals surface area contributed by atoms with Crippen LogP contribution in [0.3, 0.4) is 0 Å². The van der Waals surface area contributed by atoms with E-state index in [0.29, 0.717) is 0 Å². The van der Waals surface area contributed by atoms with Crippen molar-refractivity contribution in [3.8, 4) is 6.07 Å². The van der Waals surface area contributed by atoms with Crippen LogP contribution in [0.25, 0.3) is 0 Å². The molecule has 2 saturated heterocycles. The molecule has 2 fully saturated rings. The van der Waals surface area contributed by atoms with E-state index in [4.69, 9.17) is 0 Å². The van der Waals surface area contributed by atoms with E-state index in [1.165, 1.54) is 21.1 Å². The van der Waals surface area contributed by atoms with Crippen LogP contribution in [0.4, 0.5) is 0 Å². The minimum absolute atomic E-state index is 0.150. The van der Waals surface area contributed by atoms with Gasteiger partial charge in [-0.2, -0.15) is 5.26 Å². The van der Waals surface area contributed by atoms with Crippen LogP contribution in [0.2, 0.25) is 0 Å². The molecule has 2 aliphatic heterocycles. The lowest BCUT2D eigenvalue weighted by atomic mass is 9.99. The lowest BCUT2D eigenvalue weighted by molar-refractivity contribution is -0.161. The first-order valence-corrected chi connectivity index (χ1v) is 8.00. The van der Waals surface area contributed by atoms with Crippen molar-refractivity contribution in [2.75, 3.05) is 7.05 Å². The molecule has 2 unspecified atom stereocenters. The van der Waals surface area contributed by atoms with Crippen molar-refractivity contribution >= 4 is 35.8 Å². The van der Waals surface area contributed by atoms with E-state index in [1.54, 1.807) is 14.0 Å². The van der Waals surface area contributed by atoms with Gasteiger partial charge in [-0.15, -0.1) is 24.0 Å². The first-order chi connectivity index (χ1) is 9.91. The zero-order chi connectivity index (χ0) is 15.4. The fraction of sp³-hybridized carbons (Fsp3) is 0.500. The Morgan fingerprint density at radius 1 is 1.52 bits per heavy atom. The largest absolute Gasteiger partial charge is 0.331 e. The van der Waals surface area contributed by atoms with Crippen molar-refractivity contribution in [3.63, 3.8) is 0 Å². The van der Waals surface area contributed by atoms with Crippen LogP contribution in [0.5, 0.6) is 0 Å². The average molecular weight is 321 g/mol. The molecule has 0 spiro atoms. The van der Waals surface area contributed by atoms with E-state index in [2.05, 4.69) is 18.7 Å². The highest BCUT2D eigenvalue weighted by Crippen LogP contribution is 2.52. The Labute approximate surface area is 132 Å². The molecule has 3 rings (SSSR count). The van der Waals surface area contributed by atoms with Crippen LogP contribution in [0, 0.1) is 17.2 Å². The zero-order valence-corrected chi connectivity index (χ0v) is 13.4. The topological polar surface area (TPSA) is 64.4 Å². The van der Waals surface area contributed by atoms with E-state index >= 15 is 0 Å². The van der Waals surface area contributed by atoms with Gasteiger partial charge < -0.3 is 9.80 Å². The molecule has 4 atom stereocenters. The number of thiol groups is 1.